The number of rotatable bonds is 4. The lowest BCUT2D eigenvalue weighted by Crippen LogP contribution is -2.39. The minimum atomic E-state index is -0.479. The Morgan fingerprint density at radius 2 is 2.30 bits per heavy atom. The number of pyridine rings is 1. The molecule has 0 bridgehead atoms. The lowest BCUT2D eigenvalue weighted by Gasteiger charge is -2.35. The highest BCUT2D eigenvalue weighted by atomic mass is 19.1. The summed E-state index contributed by atoms with van der Waals surface area (Å²) in [5, 5.41) is 0.570. The normalized spacial score (nSPS) is 17.3. The fraction of sp³-hybridized carbons (Fsp3) is 0.300. The van der Waals surface area contributed by atoms with E-state index in [1.165, 1.54) is 18.3 Å². The van der Waals surface area contributed by atoms with Gasteiger partial charge in [-0.2, -0.15) is 0 Å². The first-order chi connectivity index (χ1) is 13.2. The van der Waals surface area contributed by atoms with E-state index in [-0.39, 0.29) is 18.5 Å². The van der Waals surface area contributed by atoms with E-state index in [2.05, 4.69) is 4.98 Å². The molecular formula is C20H19FN2O4. The van der Waals surface area contributed by atoms with E-state index in [1.54, 1.807) is 25.3 Å². The molecule has 3 heterocycles. The number of ether oxygens (including phenoxy) is 2. The van der Waals surface area contributed by atoms with Gasteiger partial charge in [-0.05, 0) is 37.3 Å². The molecule has 1 fully saturated rings. The van der Waals surface area contributed by atoms with Gasteiger partial charge in [0.15, 0.2) is 0 Å². The number of esters is 1. The summed E-state index contributed by atoms with van der Waals surface area (Å²) < 4.78 is 30.4. The molecule has 1 unspecified atom stereocenters. The average molecular weight is 370 g/mol. The van der Waals surface area contributed by atoms with Gasteiger partial charge in [0, 0.05) is 18.1 Å². The van der Waals surface area contributed by atoms with Crippen molar-refractivity contribution in [2.75, 3.05) is 31.2 Å². The van der Waals surface area contributed by atoms with E-state index < -0.39 is 5.97 Å². The van der Waals surface area contributed by atoms with E-state index in [4.69, 9.17) is 13.9 Å². The van der Waals surface area contributed by atoms with Crippen LogP contribution in [0.25, 0.3) is 10.9 Å². The van der Waals surface area contributed by atoms with Gasteiger partial charge in [0.1, 0.15) is 23.2 Å². The molecule has 0 saturated carbocycles. The Hall–Kier alpha value is -2.93. The molecule has 3 aromatic rings. The Labute approximate surface area is 155 Å². The van der Waals surface area contributed by atoms with Crippen molar-refractivity contribution in [2.45, 2.75) is 13.0 Å². The monoisotopic (exact) mass is 370 g/mol. The first kappa shape index (κ1) is 17.5. The van der Waals surface area contributed by atoms with Crippen LogP contribution < -0.4 is 4.90 Å². The average Bonchev–Trinajstić information content (AvgIpc) is 3.22. The number of aromatic nitrogens is 1. The predicted molar refractivity (Wildman–Crippen MR) is 97.3 cm³/mol. The third-order valence-electron chi connectivity index (χ3n) is 4.54. The number of morpholine rings is 1. The molecule has 1 aliphatic heterocycles. The lowest BCUT2D eigenvalue weighted by molar-refractivity contribution is 0.0256. The highest BCUT2D eigenvalue weighted by Gasteiger charge is 2.29. The van der Waals surface area contributed by atoms with Crippen LogP contribution in [-0.2, 0) is 9.47 Å². The van der Waals surface area contributed by atoms with Crippen LogP contribution in [0.3, 0.4) is 0 Å². The SMILES string of the molecule is CCOC(=O)c1cnc2ccc(F)cc2c1N1CCOC(c2ccco2)C1. The first-order valence-corrected chi connectivity index (χ1v) is 8.82. The van der Waals surface area contributed by atoms with Crippen molar-refractivity contribution >= 4 is 22.6 Å². The molecule has 7 heteroatoms. The van der Waals surface area contributed by atoms with Crippen LogP contribution in [0, 0.1) is 5.82 Å². The van der Waals surface area contributed by atoms with Crippen molar-refractivity contribution in [2.24, 2.45) is 0 Å². The molecule has 1 aromatic carbocycles. The summed E-state index contributed by atoms with van der Waals surface area (Å²) >= 11 is 0. The Balaban J connectivity index is 1.81. The lowest BCUT2D eigenvalue weighted by atomic mass is 10.1. The van der Waals surface area contributed by atoms with Crippen molar-refractivity contribution in [3.63, 3.8) is 0 Å². The fourth-order valence-corrected chi connectivity index (χ4v) is 3.35. The van der Waals surface area contributed by atoms with E-state index in [0.29, 0.717) is 47.6 Å². The van der Waals surface area contributed by atoms with Crippen LogP contribution in [0.15, 0.2) is 47.2 Å². The first-order valence-electron chi connectivity index (χ1n) is 8.82. The summed E-state index contributed by atoms with van der Waals surface area (Å²) in [6, 6.07) is 8.02. The predicted octanol–water partition coefficient (Wildman–Crippen LogP) is 3.72. The molecule has 1 saturated heterocycles. The maximum Gasteiger partial charge on any atom is 0.341 e. The minimum absolute atomic E-state index is 0.248. The Morgan fingerprint density at radius 3 is 3.07 bits per heavy atom. The second-order valence-corrected chi connectivity index (χ2v) is 6.22. The minimum Gasteiger partial charge on any atom is -0.467 e. The second-order valence-electron chi connectivity index (χ2n) is 6.22. The van der Waals surface area contributed by atoms with Gasteiger partial charge in [-0.25, -0.2) is 9.18 Å². The third-order valence-corrected chi connectivity index (χ3v) is 4.54. The number of carbonyl (C=O) groups excluding carboxylic acids is 1. The standard InChI is InChI=1S/C20H19FN2O4/c1-2-25-20(24)15-11-22-16-6-5-13(21)10-14(16)19(15)23-7-9-27-18(12-23)17-4-3-8-26-17/h3-6,8,10-11,18H,2,7,9,12H2,1H3. The summed E-state index contributed by atoms with van der Waals surface area (Å²) in [5.74, 6) is -0.156. The van der Waals surface area contributed by atoms with Crippen LogP contribution in [0.4, 0.5) is 10.1 Å². The van der Waals surface area contributed by atoms with Crippen LogP contribution >= 0.6 is 0 Å². The van der Waals surface area contributed by atoms with Crippen LogP contribution in [0.2, 0.25) is 0 Å². The molecule has 0 amide bonds. The number of halogens is 1. The van der Waals surface area contributed by atoms with Crippen molar-refractivity contribution in [3.05, 3.63) is 59.9 Å². The molecule has 0 radical (unpaired) electrons. The molecule has 27 heavy (non-hydrogen) atoms. The Morgan fingerprint density at radius 1 is 1.41 bits per heavy atom. The molecule has 0 aliphatic carbocycles. The molecule has 0 spiro atoms. The van der Waals surface area contributed by atoms with Gasteiger partial charge in [-0.15, -0.1) is 0 Å². The quantitative estimate of drug-likeness (QED) is 0.652. The maximum atomic E-state index is 14.0. The third kappa shape index (κ3) is 3.38. The maximum absolute atomic E-state index is 14.0. The Bertz CT molecular complexity index is 958. The zero-order chi connectivity index (χ0) is 18.8. The molecule has 4 rings (SSSR count). The highest BCUT2D eigenvalue weighted by molar-refractivity contribution is 6.05. The van der Waals surface area contributed by atoms with Crippen LogP contribution in [0.1, 0.15) is 29.1 Å². The zero-order valence-electron chi connectivity index (χ0n) is 14.9. The van der Waals surface area contributed by atoms with Gasteiger partial charge >= 0.3 is 5.97 Å². The van der Waals surface area contributed by atoms with E-state index in [0.717, 1.165) is 0 Å². The van der Waals surface area contributed by atoms with Gasteiger partial charge < -0.3 is 18.8 Å². The molecule has 1 atom stereocenters. The fourth-order valence-electron chi connectivity index (χ4n) is 3.35. The summed E-state index contributed by atoms with van der Waals surface area (Å²) in [7, 11) is 0. The summed E-state index contributed by atoms with van der Waals surface area (Å²) in [6.45, 7) is 3.46. The van der Waals surface area contributed by atoms with Crippen LogP contribution in [-0.4, -0.2) is 37.3 Å². The van der Waals surface area contributed by atoms with E-state index >= 15 is 0 Å². The second kappa shape index (κ2) is 7.36. The zero-order valence-corrected chi connectivity index (χ0v) is 14.9. The summed E-state index contributed by atoms with van der Waals surface area (Å²) in [5.41, 5.74) is 1.54. The molecule has 6 nitrogen and oxygen atoms in total. The van der Waals surface area contributed by atoms with Crippen molar-refractivity contribution in [3.8, 4) is 0 Å². The van der Waals surface area contributed by atoms with E-state index in [9.17, 15) is 9.18 Å². The van der Waals surface area contributed by atoms with E-state index in [1.807, 2.05) is 11.0 Å². The number of carbonyl (C=O) groups is 1. The highest BCUT2D eigenvalue weighted by Crippen LogP contribution is 2.34. The number of fused-ring (bicyclic) bond motifs is 1. The summed E-state index contributed by atoms with van der Waals surface area (Å²) in [6.07, 6.45) is 2.81. The van der Waals surface area contributed by atoms with Gasteiger partial charge in [0.05, 0.1) is 37.2 Å². The number of furan rings is 1. The number of anilines is 1. The van der Waals surface area contributed by atoms with Gasteiger partial charge in [0.2, 0.25) is 0 Å². The molecule has 140 valence electrons. The van der Waals surface area contributed by atoms with Gasteiger partial charge in [-0.1, -0.05) is 0 Å². The number of nitrogens with zero attached hydrogens (tertiary/aromatic N) is 2. The van der Waals surface area contributed by atoms with Crippen molar-refractivity contribution < 1.29 is 23.1 Å². The number of hydrogen-bond acceptors (Lipinski definition) is 6. The topological polar surface area (TPSA) is 64.8 Å². The molecule has 2 aromatic heterocycles. The van der Waals surface area contributed by atoms with Crippen LogP contribution in [0.5, 0.6) is 0 Å². The van der Waals surface area contributed by atoms with Crippen molar-refractivity contribution in [1.82, 2.24) is 4.98 Å². The van der Waals surface area contributed by atoms with Gasteiger partial charge in [-0.3, -0.25) is 4.98 Å². The molecular weight excluding hydrogens is 351 g/mol. The Kier molecular flexibility index (Phi) is 4.77. The number of benzene rings is 1. The van der Waals surface area contributed by atoms with Crippen molar-refractivity contribution in [1.29, 1.82) is 0 Å². The largest absolute Gasteiger partial charge is 0.467 e. The summed E-state index contributed by atoms with van der Waals surface area (Å²) in [4.78, 5) is 18.8. The molecule has 0 N–H and O–H groups in total. The number of hydrogen-bond donors (Lipinski definition) is 0. The van der Waals surface area contributed by atoms with Gasteiger partial charge in [0.25, 0.3) is 0 Å². The smallest absolute Gasteiger partial charge is 0.341 e. The molecule has 1 aliphatic rings.